The second-order valence-corrected chi connectivity index (χ2v) is 6.88. The number of thiocarbonyl (C=S) groups is 1. The molecule has 0 aliphatic rings. The fourth-order valence-corrected chi connectivity index (χ4v) is 2.67. The number of benzene rings is 2. The highest BCUT2D eigenvalue weighted by molar-refractivity contribution is 7.80. The molecule has 0 bridgehead atoms. The van der Waals surface area contributed by atoms with Crippen molar-refractivity contribution in [3.8, 4) is 5.75 Å². The summed E-state index contributed by atoms with van der Waals surface area (Å²) in [5, 5.41) is 8.45. The van der Waals surface area contributed by atoms with Gasteiger partial charge >= 0.3 is 0 Å². The van der Waals surface area contributed by atoms with Crippen molar-refractivity contribution in [1.82, 2.24) is 10.6 Å². The van der Waals surface area contributed by atoms with Gasteiger partial charge in [0.2, 0.25) is 5.91 Å². The minimum atomic E-state index is -0.311. The number of aryl methyl sites for hydroxylation is 1. The van der Waals surface area contributed by atoms with Crippen LogP contribution in [0.25, 0.3) is 0 Å². The first-order chi connectivity index (χ1) is 13.4. The molecule has 2 amide bonds. The van der Waals surface area contributed by atoms with Gasteiger partial charge in [-0.25, -0.2) is 0 Å². The molecular formula is C21H25N3O3S. The third-order valence-corrected chi connectivity index (χ3v) is 4.03. The molecule has 2 aromatic carbocycles. The van der Waals surface area contributed by atoms with E-state index in [4.69, 9.17) is 17.0 Å². The van der Waals surface area contributed by atoms with Crippen molar-refractivity contribution in [2.75, 3.05) is 12.4 Å². The lowest BCUT2D eigenvalue weighted by molar-refractivity contribution is -0.120. The highest BCUT2D eigenvalue weighted by atomic mass is 32.1. The molecule has 0 radical (unpaired) electrons. The molecule has 7 heteroatoms. The summed E-state index contributed by atoms with van der Waals surface area (Å²) in [5.74, 6) is 0.330. The van der Waals surface area contributed by atoms with Crippen LogP contribution in [-0.2, 0) is 11.2 Å². The average molecular weight is 400 g/mol. The zero-order valence-electron chi connectivity index (χ0n) is 16.2. The first-order valence-corrected chi connectivity index (χ1v) is 9.46. The van der Waals surface area contributed by atoms with Crippen molar-refractivity contribution in [3.63, 3.8) is 0 Å². The summed E-state index contributed by atoms with van der Waals surface area (Å²) in [6, 6.07) is 14.5. The second kappa shape index (κ2) is 10.4. The van der Waals surface area contributed by atoms with Crippen molar-refractivity contribution in [1.29, 1.82) is 0 Å². The molecule has 3 N–H and O–H groups in total. The Morgan fingerprint density at radius 1 is 1.11 bits per heavy atom. The van der Waals surface area contributed by atoms with Gasteiger partial charge in [0.05, 0.1) is 6.10 Å². The number of ether oxygens (including phenoxy) is 1. The first-order valence-electron chi connectivity index (χ1n) is 9.06. The number of carbonyl (C=O) groups excluding carboxylic acids is 2. The maximum Gasteiger partial charge on any atom is 0.257 e. The van der Waals surface area contributed by atoms with Gasteiger partial charge in [-0.3, -0.25) is 14.9 Å². The highest BCUT2D eigenvalue weighted by Gasteiger charge is 2.10. The molecule has 0 saturated carbocycles. The van der Waals surface area contributed by atoms with Crippen LogP contribution in [0.5, 0.6) is 5.75 Å². The molecule has 0 saturated heterocycles. The molecular weight excluding hydrogens is 374 g/mol. The van der Waals surface area contributed by atoms with E-state index in [1.807, 2.05) is 38.1 Å². The number of nitrogens with one attached hydrogen (secondary N) is 3. The molecule has 0 aromatic heterocycles. The van der Waals surface area contributed by atoms with Gasteiger partial charge in [-0.1, -0.05) is 18.2 Å². The number of rotatable bonds is 7. The molecule has 0 atom stereocenters. The Labute approximate surface area is 170 Å². The van der Waals surface area contributed by atoms with E-state index in [0.717, 1.165) is 11.3 Å². The van der Waals surface area contributed by atoms with Crippen molar-refractivity contribution < 1.29 is 14.3 Å². The van der Waals surface area contributed by atoms with Gasteiger partial charge in [0.15, 0.2) is 5.11 Å². The van der Waals surface area contributed by atoms with Crippen molar-refractivity contribution in [2.45, 2.75) is 32.8 Å². The van der Waals surface area contributed by atoms with Gasteiger partial charge in [0.25, 0.3) is 5.91 Å². The third-order valence-electron chi connectivity index (χ3n) is 3.83. The Morgan fingerprint density at radius 2 is 1.82 bits per heavy atom. The smallest absolute Gasteiger partial charge is 0.257 e. The van der Waals surface area contributed by atoms with E-state index in [1.54, 1.807) is 31.3 Å². The molecule has 0 aliphatic carbocycles. The van der Waals surface area contributed by atoms with Crippen LogP contribution in [0.3, 0.4) is 0 Å². The Morgan fingerprint density at radius 3 is 2.46 bits per heavy atom. The van der Waals surface area contributed by atoms with Crippen molar-refractivity contribution in [2.24, 2.45) is 0 Å². The average Bonchev–Trinajstić information content (AvgIpc) is 2.66. The molecule has 0 spiro atoms. The maximum atomic E-state index is 12.4. The normalized spacial score (nSPS) is 10.3. The molecule has 6 nitrogen and oxygen atoms in total. The van der Waals surface area contributed by atoms with E-state index in [-0.39, 0.29) is 23.0 Å². The lowest BCUT2D eigenvalue weighted by Crippen LogP contribution is -2.34. The standard InChI is InChI=1S/C21H25N3O3S/c1-14(2)27-18-6-4-5-16(13-18)20(26)24-21(28)23-17-10-7-15(8-11-17)9-12-19(25)22-3/h4-8,10-11,13-14H,9,12H2,1-3H3,(H,22,25)(H2,23,24,26,28). The fourth-order valence-electron chi connectivity index (χ4n) is 2.46. The van der Waals surface area contributed by atoms with Crippen LogP contribution in [0.1, 0.15) is 36.2 Å². The van der Waals surface area contributed by atoms with Crippen molar-refractivity contribution >= 4 is 34.8 Å². The maximum absolute atomic E-state index is 12.4. The SMILES string of the molecule is CNC(=O)CCc1ccc(NC(=S)NC(=O)c2cccc(OC(C)C)c2)cc1. The summed E-state index contributed by atoms with van der Waals surface area (Å²) >= 11 is 5.22. The number of hydrogen-bond donors (Lipinski definition) is 3. The monoisotopic (exact) mass is 399 g/mol. The van der Waals surface area contributed by atoms with Gasteiger partial charge in [0, 0.05) is 24.7 Å². The number of carbonyl (C=O) groups is 2. The number of hydrogen-bond acceptors (Lipinski definition) is 4. The molecule has 0 fully saturated rings. The molecule has 28 heavy (non-hydrogen) atoms. The third kappa shape index (κ3) is 7.00. The summed E-state index contributed by atoms with van der Waals surface area (Å²) in [6.07, 6.45) is 1.13. The van der Waals surface area contributed by atoms with Crippen LogP contribution in [0.15, 0.2) is 48.5 Å². The zero-order chi connectivity index (χ0) is 20.5. The Bertz CT molecular complexity index is 835. The molecule has 148 valence electrons. The summed E-state index contributed by atoms with van der Waals surface area (Å²) in [6.45, 7) is 3.85. The van der Waals surface area contributed by atoms with Crippen LogP contribution in [0, 0.1) is 0 Å². The van der Waals surface area contributed by atoms with Gasteiger partial charge in [-0.05, 0) is 68.4 Å². The van der Waals surface area contributed by atoms with E-state index in [9.17, 15) is 9.59 Å². The molecule has 0 aliphatic heterocycles. The van der Waals surface area contributed by atoms with E-state index in [1.165, 1.54) is 0 Å². The summed E-state index contributed by atoms with van der Waals surface area (Å²) in [5.41, 5.74) is 2.27. The minimum Gasteiger partial charge on any atom is -0.491 e. The van der Waals surface area contributed by atoms with Crippen LogP contribution in [-0.4, -0.2) is 30.1 Å². The summed E-state index contributed by atoms with van der Waals surface area (Å²) < 4.78 is 5.61. The zero-order valence-corrected chi connectivity index (χ0v) is 17.1. The topological polar surface area (TPSA) is 79.5 Å². The largest absolute Gasteiger partial charge is 0.491 e. The summed E-state index contributed by atoms with van der Waals surface area (Å²) in [7, 11) is 1.62. The summed E-state index contributed by atoms with van der Waals surface area (Å²) in [4.78, 5) is 23.7. The Hall–Kier alpha value is -2.93. The Balaban J connectivity index is 1.89. The van der Waals surface area contributed by atoms with Crippen LogP contribution >= 0.6 is 12.2 Å². The Kier molecular flexibility index (Phi) is 7.95. The van der Waals surface area contributed by atoms with E-state index < -0.39 is 0 Å². The van der Waals surface area contributed by atoms with Crippen LogP contribution < -0.4 is 20.7 Å². The number of anilines is 1. The lowest BCUT2D eigenvalue weighted by Gasteiger charge is -2.12. The van der Waals surface area contributed by atoms with Crippen molar-refractivity contribution in [3.05, 3.63) is 59.7 Å². The van der Waals surface area contributed by atoms with Gasteiger partial charge in [-0.2, -0.15) is 0 Å². The predicted octanol–water partition coefficient (Wildman–Crippen LogP) is 3.28. The predicted molar refractivity (Wildman–Crippen MR) is 115 cm³/mol. The molecule has 0 heterocycles. The molecule has 2 aromatic rings. The first kappa shape index (κ1) is 21.4. The van der Waals surface area contributed by atoms with Gasteiger partial charge in [-0.15, -0.1) is 0 Å². The van der Waals surface area contributed by atoms with Crippen LogP contribution in [0.2, 0.25) is 0 Å². The lowest BCUT2D eigenvalue weighted by atomic mass is 10.1. The minimum absolute atomic E-state index is 0.00829. The molecule has 2 rings (SSSR count). The van der Waals surface area contributed by atoms with E-state index in [0.29, 0.717) is 24.2 Å². The molecule has 0 unspecified atom stereocenters. The second-order valence-electron chi connectivity index (χ2n) is 6.47. The number of amides is 2. The van der Waals surface area contributed by atoms with Crippen LogP contribution in [0.4, 0.5) is 5.69 Å². The van der Waals surface area contributed by atoms with Gasteiger partial charge < -0.3 is 15.4 Å². The quantitative estimate of drug-likeness (QED) is 0.623. The van der Waals surface area contributed by atoms with E-state index >= 15 is 0 Å². The van der Waals surface area contributed by atoms with E-state index in [2.05, 4.69) is 16.0 Å². The van der Waals surface area contributed by atoms with Gasteiger partial charge in [0.1, 0.15) is 5.75 Å². The fraction of sp³-hybridized carbons (Fsp3) is 0.286. The highest BCUT2D eigenvalue weighted by Crippen LogP contribution is 2.15.